The third kappa shape index (κ3) is 49.8. The molecule has 0 bridgehead atoms. The van der Waals surface area contributed by atoms with Crippen molar-refractivity contribution in [3.05, 3.63) is 0 Å². The lowest BCUT2D eigenvalue weighted by atomic mass is 9.99. The van der Waals surface area contributed by atoms with Gasteiger partial charge >= 0.3 is 17.9 Å². The standard InChI is InChI=1S/C58H112O6/c1-7-54(6)46-40-34-28-22-16-14-12-10-8-9-11-13-15-17-23-29-35-41-47-56(59)62-50-55(64-58(61)49-43-37-31-25-19-21-27-33-39-45-53(4)5)51-63-57(60)48-42-36-30-24-18-20-26-32-38-44-52(2)3/h52-55H,7-51H2,1-6H3/t54?,55-/m0/s1. The Balaban J connectivity index is 4.20. The molecule has 0 saturated carbocycles. The first-order valence-corrected chi connectivity index (χ1v) is 28.6. The molecule has 0 spiro atoms. The molecule has 0 heterocycles. The highest BCUT2D eigenvalue weighted by atomic mass is 16.6. The molecule has 0 rings (SSSR count). The van der Waals surface area contributed by atoms with Crippen LogP contribution in [-0.2, 0) is 28.6 Å². The van der Waals surface area contributed by atoms with Crippen molar-refractivity contribution < 1.29 is 28.6 Å². The van der Waals surface area contributed by atoms with E-state index in [4.69, 9.17) is 14.2 Å². The van der Waals surface area contributed by atoms with Gasteiger partial charge in [0.05, 0.1) is 0 Å². The maximum atomic E-state index is 12.8. The van der Waals surface area contributed by atoms with Gasteiger partial charge in [-0.05, 0) is 37.0 Å². The minimum absolute atomic E-state index is 0.0643. The van der Waals surface area contributed by atoms with Crippen molar-refractivity contribution >= 4 is 17.9 Å². The van der Waals surface area contributed by atoms with Crippen LogP contribution in [0.15, 0.2) is 0 Å². The summed E-state index contributed by atoms with van der Waals surface area (Å²) in [5.41, 5.74) is 0. The number of carbonyl (C=O) groups excluding carboxylic acids is 3. The molecule has 0 aliphatic heterocycles. The van der Waals surface area contributed by atoms with Crippen molar-refractivity contribution in [2.45, 2.75) is 324 Å². The third-order valence-electron chi connectivity index (χ3n) is 13.5. The molecular formula is C58H112O6. The maximum Gasteiger partial charge on any atom is 0.306 e. The van der Waals surface area contributed by atoms with Crippen molar-refractivity contribution in [2.75, 3.05) is 13.2 Å². The first kappa shape index (κ1) is 62.4. The van der Waals surface area contributed by atoms with Gasteiger partial charge in [-0.2, -0.15) is 0 Å². The normalized spacial score (nSPS) is 12.6. The van der Waals surface area contributed by atoms with E-state index < -0.39 is 6.10 Å². The van der Waals surface area contributed by atoms with Crippen LogP contribution in [0.2, 0.25) is 0 Å². The van der Waals surface area contributed by atoms with E-state index in [0.717, 1.165) is 75.5 Å². The van der Waals surface area contributed by atoms with Crippen LogP contribution in [0.5, 0.6) is 0 Å². The van der Waals surface area contributed by atoms with Gasteiger partial charge in [-0.1, -0.05) is 279 Å². The molecule has 0 aromatic heterocycles. The molecular weight excluding hydrogens is 793 g/mol. The molecule has 0 amide bonds. The molecule has 0 N–H and O–H groups in total. The Kier molecular flexibility index (Phi) is 48.1. The van der Waals surface area contributed by atoms with Crippen molar-refractivity contribution in [1.29, 1.82) is 0 Å². The van der Waals surface area contributed by atoms with Crippen LogP contribution < -0.4 is 0 Å². The highest BCUT2D eigenvalue weighted by Crippen LogP contribution is 2.19. The number of rotatable bonds is 51. The van der Waals surface area contributed by atoms with Crippen LogP contribution in [0.25, 0.3) is 0 Å². The minimum atomic E-state index is -0.763. The van der Waals surface area contributed by atoms with Gasteiger partial charge < -0.3 is 14.2 Å². The van der Waals surface area contributed by atoms with Crippen LogP contribution in [0.3, 0.4) is 0 Å². The molecule has 380 valence electrons. The lowest BCUT2D eigenvalue weighted by Crippen LogP contribution is -2.30. The number of unbranched alkanes of at least 4 members (excludes halogenated alkanes) is 33. The zero-order valence-electron chi connectivity index (χ0n) is 44.1. The van der Waals surface area contributed by atoms with E-state index in [0.29, 0.717) is 19.3 Å². The van der Waals surface area contributed by atoms with Gasteiger partial charge in [-0.25, -0.2) is 0 Å². The average molecular weight is 906 g/mol. The van der Waals surface area contributed by atoms with E-state index >= 15 is 0 Å². The second-order valence-corrected chi connectivity index (χ2v) is 21.1. The second-order valence-electron chi connectivity index (χ2n) is 21.1. The fraction of sp³-hybridized carbons (Fsp3) is 0.948. The Morgan fingerprint density at radius 1 is 0.312 bits per heavy atom. The largest absolute Gasteiger partial charge is 0.462 e. The van der Waals surface area contributed by atoms with Gasteiger partial charge in [0.25, 0.3) is 0 Å². The van der Waals surface area contributed by atoms with Crippen molar-refractivity contribution in [1.82, 2.24) is 0 Å². The summed E-state index contributed by atoms with van der Waals surface area (Å²) in [5, 5.41) is 0. The Labute approximate surface area is 399 Å². The van der Waals surface area contributed by atoms with Gasteiger partial charge in [-0.15, -0.1) is 0 Å². The molecule has 0 saturated heterocycles. The number of ether oxygens (including phenoxy) is 3. The van der Waals surface area contributed by atoms with Crippen LogP contribution in [-0.4, -0.2) is 37.2 Å². The molecule has 0 aromatic carbocycles. The van der Waals surface area contributed by atoms with Crippen LogP contribution in [0.1, 0.15) is 318 Å². The van der Waals surface area contributed by atoms with Crippen molar-refractivity contribution in [3.8, 4) is 0 Å². The fourth-order valence-corrected chi connectivity index (χ4v) is 8.79. The highest BCUT2D eigenvalue weighted by Gasteiger charge is 2.19. The van der Waals surface area contributed by atoms with Crippen LogP contribution >= 0.6 is 0 Å². The molecule has 64 heavy (non-hydrogen) atoms. The monoisotopic (exact) mass is 905 g/mol. The van der Waals surface area contributed by atoms with Gasteiger partial charge in [-0.3, -0.25) is 14.4 Å². The average Bonchev–Trinajstić information content (AvgIpc) is 3.27. The summed E-state index contributed by atoms with van der Waals surface area (Å²) in [6, 6.07) is 0. The highest BCUT2D eigenvalue weighted by molar-refractivity contribution is 5.71. The zero-order valence-corrected chi connectivity index (χ0v) is 44.1. The molecule has 6 nitrogen and oxygen atoms in total. The third-order valence-corrected chi connectivity index (χ3v) is 13.5. The lowest BCUT2D eigenvalue weighted by Gasteiger charge is -2.18. The summed E-state index contributed by atoms with van der Waals surface area (Å²) >= 11 is 0. The molecule has 6 heteroatoms. The van der Waals surface area contributed by atoms with E-state index in [1.807, 2.05) is 0 Å². The second kappa shape index (κ2) is 49.3. The lowest BCUT2D eigenvalue weighted by molar-refractivity contribution is -0.167. The molecule has 0 aromatic rings. The van der Waals surface area contributed by atoms with E-state index in [1.165, 1.54) is 199 Å². The summed E-state index contributed by atoms with van der Waals surface area (Å²) in [6.07, 6.45) is 51.0. The summed E-state index contributed by atoms with van der Waals surface area (Å²) < 4.78 is 16.9. The Morgan fingerprint density at radius 3 is 0.812 bits per heavy atom. The Bertz CT molecular complexity index is 993. The number of esters is 3. The Hall–Kier alpha value is -1.59. The van der Waals surface area contributed by atoms with E-state index in [1.54, 1.807) is 0 Å². The quantitative estimate of drug-likeness (QED) is 0.0344. The SMILES string of the molecule is CCC(C)CCCCCCCCCCCCCCCCCCCCC(=O)OC[C@@H](COC(=O)CCCCCCCCCCCC(C)C)OC(=O)CCCCCCCCCCCC(C)C. The number of hydrogen-bond donors (Lipinski definition) is 0. The van der Waals surface area contributed by atoms with E-state index in [9.17, 15) is 14.4 Å². The van der Waals surface area contributed by atoms with E-state index in [2.05, 4.69) is 41.5 Å². The van der Waals surface area contributed by atoms with Gasteiger partial charge in [0.1, 0.15) is 13.2 Å². The fourth-order valence-electron chi connectivity index (χ4n) is 8.79. The van der Waals surface area contributed by atoms with Gasteiger partial charge in [0.15, 0.2) is 6.10 Å². The van der Waals surface area contributed by atoms with Gasteiger partial charge in [0.2, 0.25) is 0 Å². The summed E-state index contributed by atoms with van der Waals surface area (Å²) in [5.74, 6) is 1.68. The van der Waals surface area contributed by atoms with Crippen LogP contribution in [0.4, 0.5) is 0 Å². The number of carbonyl (C=O) groups is 3. The molecule has 0 aliphatic rings. The molecule has 0 fully saturated rings. The van der Waals surface area contributed by atoms with E-state index in [-0.39, 0.29) is 31.1 Å². The first-order valence-electron chi connectivity index (χ1n) is 28.6. The molecule has 0 aliphatic carbocycles. The van der Waals surface area contributed by atoms with Gasteiger partial charge in [0, 0.05) is 19.3 Å². The first-order chi connectivity index (χ1) is 31.1. The molecule has 1 unspecified atom stereocenters. The zero-order chi connectivity index (χ0) is 47.0. The summed E-state index contributed by atoms with van der Waals surface area (Å²) in [4.78, 5) is 38.0. The smallest absolute Gasteiger partial charge is 0.306 e. The predicted molar refractivity (Wildman–Crippen MR) is 275 cm³/mol. The topological polar surface area (TPSA) is 78.9 Å². The Morgan fingerprint density at radius 2 is 0.547 bits per heavy atom. The molecule has 0 radical (unpaired) electrons. The predicted octanol–water partition coefficient (Wildman–Crippen LogP) is 18.7. The number of hydrogen-bond acceptors (Lipinski definition) is 6. The summed E-state index contributed by atoms with van der Waals surface area (Å²) in [6.45, 7) is 13.8. The summed E-state index contributed by atoms with van der Waals surface area (Å²) in [7, 11) is 0. The van der Waals surface area contributed by atoms with Crippen LogP contribution in [0, 0.1) is 17.8 Å². The minimum Gasteiger partial charge on any atom is -0.462 e. The molecule has 2 atom stereocenters. The van der Waals surface area contributed by atoms with Crippen molar-refractivity contribution in [2.24, 2.45) is 17.8 Å². The van der Waals surface area contributed by atoms with Crippen molar-refractivity contribution in [3.63, 3.8) is 0 Å². The maximum absolute atomic E-state index is 12.8.